The van der Waals surface area contributed by atoms with Gasteiger partial charge in [0.1, 0.15) is 11.5 Å². The fraction of sp³-hybridized carbons (Fsp3) is 0.207. The maximum Gasteiger partial charge on any atom is 0.343 e. The van der Waals surface area contributed by atoms with Gasteiger partial charge in [0.25, 0.3) is 0 Å². The van der Waals surface area contributed by atoms with Crippen molar-refractivity contribution in [2.24, 2.45) is 10.2 Å². The van der Waals surface area contributed by atoms with Crippen LogP contribution >= 0.6 is 11.6 Å². The van der Waals surface area contributed by atoms with Crippen molar-refractivity contribution in [1.82, 2.24) is 0 Å². The van der Waals surface area contributed by atoms with Gasteiger partial charge in [-0.05, 0) is 71.8 Å². The zero-order valence-electron chi connectivity index (χ0n) is 19.6. The second-order valence-electron chi connectivity index (χ2n) is 8.17. The molecule has 0 aliphatic carbocycles. The molecule has 0 aliphatic rings. The van der Waals surface area contributed by atoms with Crippen molar-refractivity contribution in [3.8, 4) is 11.5 Å². The fourth-order valence-electron chi connectivity index (χ4n) is 3.55. The van der Waals surface area contributed by atoms with Crippen molar-refractivity contribution in [2.45, 2.75) is 32.6 Å². The van der Waals surface area contributed by atoms with Gasteiger partial charge < -0.3 is 9.47 Å². The average molecular weight is 487 g/mol. The van der Waals surface area contributed by atoms with Gasteiger partial charge in [-0.3, -0.25) is 0 Å². The molecular formula is C29H27ClN2O3. The molecule has 35 heavy (non-hydrogen) atoms. The quantitative estimate of drug-likeness (QED) is 0.0971. The minimum atomic E-state index is -0.494. The lowest BCUT2D eigenvalue weighted by molar-refractivity contribution is 0.0735. The van der Waals surface area contributed by atoms with E-state index in [0.29, 0.717) is 17.9 Å². The zero-order chi connectivity index (χ0) is 24.5. The van der Waals surface area contributed by atoms with E-state index in [-0.39, 0.29) is 10.8 Å². The van der Waals surface area contributed by atoms with E-state index in [2.05, 4.69) is 17.2 Å². The van der Waals surface area contributed by atoms with Crippen LogP contribution in [0.3, 0.4) is 0 Å². The summed E-state index contributed by atoms with van der Waals surface area (Å²) in [6.07, 6.45) is 4.59. The number of hydrogen-bond acceptors (Lipinski definition) is 5. The molecule has 0 saturated carbocycles. The number of nitrogens with zero attached hydrogens (tertiary/aromatic N) is 2. The van der Waals surface area contributed by atoms with Crippen molar-refractivity contribution in [2.75, 3.05) is 6.61 Å². The van der Waals surface area contributed by atoms with E-state index in [1.54, 1.807) is 42.5 Å². The smallest absolute Gasteiger partial charge is 0.343 e. The predicted molar refractivity (Wildman–Crippen MR) is 141 cm³/mol. The minimum Gasteiger partial charge on any atom is -0.494 e. The van der Waals surface area contributed by atoms with E-state index in [1.165, 1.54) is 12.8 Å². The van der Waals surface area contributed by atoms with Crippen LogP contribution in [-0.4, -0.2) is 12.6 Å². The topological polar surface area (TPSA) is 60.2 Å². The predicted octanol–water partition coefficient (Wildman–Crippen LogP) is 9.09. The van der Waals surface area contributed by atoms with E-state index in [1.807, 2.05) is 42.5 Å². The summed E-state index contributed by atoms with van der Waals surface area (Å²) in [7, 11) is 0. The number of fused-ring (bicyclic) bond motifs is 1. The molecule has 4 aromatic rings. The van der Waals surface area contributed by atoms with Crippen molar-refractivity contribution in [3.05, 3.63) is 95.5 Å². The van der Waals surface area contributed by atoms with Crippen molar-refractivity contribution < 1.29 is 14.3 Å². The van der Waals surface area contributed by atoms with Crippen molar-refractivity contribution in [1.29, 1.82) is 0 Å². The van der Waals surface area contributed by atoms with Crippen LogP contribution in [0.2, 0.25) is 5.02 Å². The Morgan fingerprint density at radius 2 is 1.51 bits per heavy atom. The Kier molecular flexibility index (Phi) is 8.47. The normalized spacial score (nSPS) is 11.1. The number of rotatable bonds is 10. The second kappa shape index (κ2) is 12.1. The van der Waals surface area contributed by atoms with E-state index < -0.39 is 5.97 Å². The number of hydrogen-bond donors (Lipinski definition) is 0. The maximum absolute atomic E-state index is 12.5. The molecule has 0 amide bonds. The van der Waals surface area contributed by atoms with Gasteiger partial charge in [0.15, 0.2) is 0 Å². The Morgan fingerprint density at radius 3 is 2.26 bits per heavy atom. The van der Waals surface area contributed by atoms with E-state index in [9.17, 15) is 4.79 Å². The fourth-order valence-corrected chi connectivity index (χ4v) is 3.77. The van der Waals surface area contributed by atoms with Crippen LogP contribution < -0.4 is 9.47 Å². The molecule has 0 bridgehead atoms. The first-order valence-electron chi connectivity index (χ1n) is 11.8. The summed E-state index contributed by atoms with van der Waals surface area (Å²) in [6, 6.07) is 25.8. The monoisotopic (exact) mass is 486 g/mol. The molecular weight excluding hydrogens is 460 g/mol. The number of carbonyl (C=O) groups excluding carboxylic acids is 1. The summed E-state index contributed by atoms with van der Waals surface area (Å²) >= 11 is 6.34. The summed E-state index contributed by atoms with van der Waals surface area (Å²) in [4.78, 5) is 12.5. The standard InChI is InChI=1S/C29H27ClN2O3/c1-2-3-4-7-18-34-26-15-11-22(12-16-26)29(33)35-28-17-14-25(20-27(28)30)32-31-24-13-10-21-8-5-6-9-23(21)19-24/h5-6,8-17,19-20H,2-4,7,18H2,1H3. The molecule has 0 atom stereocenters. The Hall–Kier alpha value is -3.70. The molecule has 0 radical (unpaired) electrons. The van der Waals surface area contributed by atoms with Crippen LogP contribution in [0.4, 0.5) is 11.4 Å². The van der Waals surface area contributed by atoms with E-state index in [0.717, 1.165) is 35.1 Å². The highest BCUT2D eigenvalue weighted by molar-refractivity contribution is 6.32. The Morgan fingerprint density at radius 1 is 0.800 bits per heavy atom. The zero-order valence-corrected chi connectivity index (χ0v) is 20.4. The lowest BCUT2D eigenvalue weighted by atomic mass is 10.1. The molecule has 0 aromatic heterocycles. The number of benzene rings is 4. The maximum atomic E-state index is 12.5. The Bertz CT molecular complexity index is 1320. The second-order valence-corrected chi connectivity index (χ2v) is 8.58. The number of esters is 1. The van der Waals surface area contributed by atoms with Crippen LogP contribution in [0, 0.1) is 0 Å². The number of halogens is 1. The molecule has 4 rings (SSSR count). The third-order valence-electron chi connectivity index (χ3n) is 5.49. The lowest BCUT2D eigenvalue weighted by Gasteiger charge is -2.08. The largest absolute Gasteiger partial charge is 0.494 e. The first-order valence-corrected chi connectivity index (χ1v) is 12.2. The summed E-state index contributed by atoms with van der Waals surface area (Å²) < 4.78 is 11.2. The molecule has 0 N–H and O–H groups in total. The number of unbranched alkanes of at least 4 members (excludes halogenated alkanes) is 3. The van der Waals surface area contributed by atoms with Crippen LogP contribution in [0.5, 0.6) is 11.5 Å². The molecule has 178 valence electrons. The summed E-state index contributed by atoms with van der Waals surface area (Å²) in [5, 5.41) is 11.1. The van der Waals surface area contributed by atoms with Crippen LogP contribution in [0.25, 0.3) is 10.8 Å². The highest BCUT2D eigenvalue weighted by Gasteiger charge is 2.12. The third kappa shape index (κ3) is 6.90. The van der Waals surface area contributed by atoms with E-state index in [4.69, 9.17) is 21.1 Å². The van der Waals surface area contributed by atoms with Crippen molar-refractivity contribution >= 4 is 39.7 Å². The molecule has 0 aliphatic heterocycles. The lowest BCUT2D eigenvalue weighted by Crippen LogP contribution is -2.08. The summed E-state index contributed by atoms with van der Waals surface area (Å²) in [5.41, 5.74) is 1.71. The third-order valence-corrected chi connectivity index (χ3v) is 5.78. The molecule has 6 heteroatoms. The van der Waals surface area contributed by atoms with Crippen LogP contribution in [-0.2, 0) is 0 Å². The van der Waals surface area contributed by atoms with Gasteiger partial charge in [-0.1, -0.05) is 68.1 Å². The van der Waals surface area contributed by atoms with E-state index >= 15 is 0 Å². The number of azo groups is 1. The van der Waals surface area contributed by atoms with Gasteiger partial charge in [-0.25, -0.2) is 4.79 Å². The molecule has 5 nitrogen and oxygen atoms in total. The number of carbonyl (C=O) groups is 1. The first kappa shape index (κ1) is 24.4. The Balaban J connectivity index is 1.35. The highest BCUT2D eigenvalue weighted by Crippen LogP contribution is 2.31. The highest BCUT2D eigenvalue weighted by atomic mass is 35.5. The molecule has 0 unspecified atom stereocenters. The van der Waals surface area contributed by atoms with Crippen LogP contribution in [0.1, 0.15) is 43.0 Å². The van der Waals surface area contributed by atoms with Gasteiger partial charge in [-0.15, -0.1) is 0 Å². The van der Waals surface area contributed by atoms with Crippen LogP contribution in [0.15, 0.2) is 95.2 Å². The SMILES string of the molecule is CCCCCCOc1ccc(C(=O)Oc2ccc(N=Nc3ccc4ccccc4c3)cc2Cl)cc1. The molecule has 0 saturated heterocycles. The average Bonchev–Trinajstić information content (AvgIpc) is 2.89. The Labute approximate surface area is 210 Å². The van der Waals surface area contributed by atoms with Gasteiger partial charge in [0.05, 0.1) is 28.6 Å². The minimum absolute atomic E-state index is 0.262. The molecule has 0 heterocycles. The van der Waals surface area contributed by atoms with Gasteiger partial charge in [-0.2, -0.15) is 10.2 Å². The molecule has 0 fully saturated rings. The molecule has 0 spiro atoms. The van der Waals surface area contributed by atoms with Gasteiger partial charge in [0, 0.05) is 0 Å². The first-order chi connectivity index (χ1) is 17.1. The molecule has 4 aromatic carbocycles. The van der Waals surface area contributed by atoms with Crippen molar-refractivity contribution in [3.63, 3.8) is 0 Å². The van der Waals surface area contributed by atoms with Gasteiger partial charge >= 0.3 is 5.97 Å². The van der Waals surface area contributed by atoms with Gasteiger partial charge in [0.2, 0.25) is 0 Å². The summed E-state index contributed by atoms with van der Waals surface area (Å²) in [5.74, 6) is 0.502. The number of ether oxygens (including phenoxy) is 2. The summed E-state index contributed by atoms with van der Waals surface area (Å²) in [6.45, 7) is 2.85.